The summed E-state index contributed by atoms with van der Waals surface area (Å²) >= 11 is 0. The molecule has 47 heavy (non-hydrogen) atoms. The minimum absolute atomic E-state index is 0.00387. The van der Waals surface area contributed by atoms with Gasteiger partial charge in [0.15, 0.2) is 5.76 Å². The Hall–Kier alpha value is -2.63. The molecular weight excluding hydrogens is 584 g/mol. The van der Waals surface area contributed by atoms with Gasteiger partial charge in [0.1, 0.15) is 0 Å². The van der Waals surface area contributed by atoms with Crippen molar-refractivity contribution in [2.45, 2.75) is 131 Å². The zero-order chi connectivity index (χ0) is 33.4. The van der Waals surface area contributed by atoms with Gasteiger partial charge in [-0.05, 0) is 141 Å². The topological polar surface area (TPSA) is 95.5 Å². The maximum Gasteiger partial charge on any atom is 0.225 e. The number of hydrogen-bond acceptors (Lipinski definition) is 4. The predicted molar refractivity (Wildman–Crippen MR) is 183 cm³/mol. The Morgan fingerprint density at radius 3 is 2.32 bits per heavy atom. The monoisotopic (exact) mass is 640 g/mol. The number of amides is 2. The Kier molecular flexibility index (Phi) is 6.71. The van der Waals surface area contributed by atoms with Crippen LogP contribution in [0.3, 0.4) is 0 Å². The summed E-state index contributed by atoms with van der Waals surface area (Å²) in [4.78, 5) is 40.0. The summed E-state index contributed by atoms with van der Waals surface area (Å²) in [5.74, 6) is 2.47. The SMILES string of the molecule is CC1=C(O)C(=O)C=C2C1=CC=C1[C@@]2(C)CC[C@@]2(C)[C@@H]3C[C@](C)(C(=O)NCCC(=O)NC45CC6CC(CC4C6)C5)CC[C@]3(C)CC[C@]12C. The minimum Gasteiger partial charge on any atom is -0.504 e. The highest BCUT2D eigenvalue weighted by Gasteiger charge is 2.67. The molecule has 254 valence electrons. The largest absolute Gasteiger partial charge is 0.504 e. The fourth-order valence-corrected chi connectivity index (χ4v) is 13.5. The first-order chi connectivity index (χ1) is 22.1. The molecule has 2 amide bonds. The zero-order valence-electron chi connectivity index (χ0n) is 29.6. The Morgan fingerprint density at radius 1 is 0.894 bits per heavy atom. The van der Waals surface area contributed by atoms with Crippen LogP contribution in [0.15, 0.2) is 46.3 Å². The molecule has 2 unspecified atom stereocenters. The van der Waals surface area contributed by atoms with Gasteiger partial charge in [0, 0.05) is 34.9 Å². The van der Waals surface area contributed by atoms with Gasteiger partial charge in [-0.15, -0.1) is 0 Å². The highest BCUT2D eigenvalue weighted by Crippen LogP contribution is 2.75. The average molecular weight is 641 g/mol. The summed E-state index contributed by atoms with van der Waals surface area (Å²) in [5.41, 5.74) is 3.61. The number of aliphatic hydroxyl groups is 1. The van der Waals surface area contributed by atoms with Gasteiger partial charge in [0.25, 0.3) is 0 Å². The van der Waals surface area contributed by atoms with Crippen LogP contribution in [0.5, 0.6) is 0 Å². The third kappa shape index (κ3) is 4.24. The van der Waals surface area contributed by atoms with Crippen LogP contribution in [0.1, 0.15) is 125 Å². The van der Waals surface area contributed by atoms with Gasteiger partial charge >= 0.3 is 0 Å². The van der Waals surface area contributed by atoms with Crippen LogP contribution in [0, 0.1) is 50.7 Å². The quantitative estimate of drug-likeness (QED) is 0.286. The van der Waals surface area contributed by atoms with E-state index in [4.69, 9.17) is 0 Å². The van der Waals surface area contributed by atoms with Crippen LogP contribution in [0.2, 0.25) is 0 Å². The summed E-state index contributed by atoms with van der Waals surface area (Å²) in [6.07, 6.45) is 19.8. The van der Waals surface area contributed by atoms with Crippen molar-refractivity contribution in [3.8, 4) is 0 Å². The number of aliphatic hydroxyl groups excluding tert-OH is 1. The summed E-state index contributed by atoms with van der Waals surface area (Å²) in [6, 6.07) is 0. The third-order valence-corrected chi connectivity index (χ3v) is 16.4. The molecule has 9 aliphatic carbocycles. The number of fused-ring (bicyclic) bond motifs is 7. The van der Waals surface area contributed by atoms with Gasteiger partial charge < -0.3 is 15.7 Å². The second-order valence-electron chi connectivity index (χ2n) is 18.9. The van der Waals surface area contributed by atoms with Crippen molar-refractivity contribution in [3.63, 3.8) is 0 Å². The highest BCUT2D eigenvalue weighted by atomic mass is 16.3. The highest BCUT2D eigenvalue weighted by molar-refractivity contribution is 6.06. The van der Waals surface area contributed by atoms with Crippen molar-refractivity contribution in [1.82, 2.24) is 10.6 Å². The molecule has 7 fully saturated rings. The van der Waals surface area contributed by atoms with Crippen LogP contribution in [-0.2, 0) is 14.4 Å². The molecule has 0 heterocycles. The molecule has 4 bridgehead atoms. The van der Waals surface area contributed by atoms with Crippen LogP contribution < -0.4 is 10.6 Å². The van der Waals surface area contributed by atoms with E-state index in [0.717, 1.165) is 80.8 Å². The molecular formula is C41H56N2O4. The lowest BCUT2D eigenvalue weighted by molar-refractivity contribution is -0.169. The molecule has 8 atom stereocenters. The molecule has 6 nitrogen and oxygen atoms in total. The molecule has 0 aliphatic heterocycles. The summed E-state index contributed by atoms with van der Waals surface area (Å²) in [7, 11) is 0. The van der Waals surface area contributed by atoms with Gasteiger partial charge in [0.05, 0.1) is 0 Å². The number of rotatable bonds is 5. The van der Waals surface area contributed by atoms with Crippen LogP contribution >= 0.6 is 0 Å². The van der Waals surface area contributed by atoms with Crippen molar-refractivity contribution < 1.29 is 19.5 Å². The summed E-state index contributed by atoms with van der Waals surface area (Å²) < 4.78 is 0. The van der Waals surface area contributed by atoms with Crippen LogP contribution in [0.4, 0.5) is 0 Å². The second-order valence-corrected chi connectivity index (χ2v) is 18.9. The average Bonchev–Trinajstić information content (AvgIpc) is 3.40. The number of carbonyl (C=O) groups excluding carboxylic acids is 3. The fourth-order valence-electron chi connectivity index (χ4n) is 13.5. The number of ketones is 1. The number of nitrogens with one attached hydrogen (secondary N) is 2. The lowest BCUT2D eigenvalue weighted by Crippen LogP contribution is -2.62. The summed E-state index contributed by atoms with van der Waals surface area (Å²) in [6.45, 7) is 14.2. The minimum atomic E-state index is -0.462. The lowest BCUT2D eigenvalue weighted by Gasteiger charge is -2.70. The Labute approximate surface area is 281 Å². The number of hydrogen-bond donors (Lipinski definition) is 3. The first kappa shape index (κ1) is 31.6. The van der Waals surface area contributed by atoms with Crippen molar-refractivity contribution in [3.05, 3.63) is 46.3 Å². The van der Waals surface area contributed by atoms with Crippen LogP contribution in [-0.4, -0.2) is 34.8 Å². The standard InChI is InChI=1S/C41H56N2O4/c1-24-28-7-8-31-38(4,29(28)20-30(44)34(24)46)13-15-40(6)32-23-37(3,11-10-36(32,2)12-14-39(31,40)5)35(47)42-16-9-33(45)43-41-21-25-17-26(22-41)19-27(41)18-25/h7-8,20,25-27,32,46H,9-19,21-23H2,1-6H3,(H,42,47)(H,43,45)/t25?,26?,27?,32-,36-,37-,38+,39-,40+,41?/m1/s1. The van der Waals surface area contributed by atoms with Crippen LogP contribution in [0.25, 0.3) is 0 Å². The number of carbonyl (C=O) groups is 3. The maximum absolute atomic E-state index is 14.0. The first-order valence-corrected chi connectivity index (χ1v) is 18.8. The molecule has 6 heteroatoms. The molecule has 0 aromatic rings. The van der Waals surface area contributed by atoms with E-state index in [0.29, 0.717) is 30.4 Å². The smallest absolute Gasteiger partial charge is 0.225 e. The van der Waals surface area contributed by atoms with E-state index in [2.05, 4.69) is 57.4 Å². The number of allylic oxidation sites excluding steroid dienone is 7. The van der Waals surface area contributed by atoms with Crippen molar-refractivity contribution in [2.75, 3.05) is 6.54 Å². The van der Waals surface area contributed by atoms with E-state index in [1.54, 1.807) is 6.08 Å². The van der Waals surface area contributed by atoms with Crippen molar-refractivity contribution in [2.24, 2.45) is 50.7 Å². The van der Waals surface area contributed by atoms with Gasteiger partial charge in [-0.1, -0.05) is 52.3 Å². The van der Waals surface area contributed by atoms with Crippen molar-refractivity contribution >= 4 is 17.6 Å². The third-order valence-electron chi connectivity index (χ3n) is 16.4. The Bertz CT molecular complexity index is 1590. The van der Waals surface area contributed by atoms with E-state index in [9.17, 15) is 19.5 Å². The zero-order valence-corrected chi connectivity index (χ0v) is 29.6. The Balaban J connectivity index is 0.989. The van der Waals surface area contributed by atoms with Gasteiger partial charge in [-0.25, -0.2) is 0 Å². The van der Waals surface area contributed by atoms with E-state index in [1.165, 1.54) is 24.8 Å². The molecule has 0 spiro atoms. The second kappa shape index (κ2) is 9.97. The van der Waals surface area contributed by atoms with E-state index >= 15 is 0 Å². The fraction of sp³-hybridized carbons (Fsp3) is 0.732. The van der Waals surface area contributed by atoms with Gasteiger partial charge in [-0.2, -0.15) is 0 Å². The van der Waals surface area contributed by atoms with E-state index < -0.39 is 5.41 Å². The molecule has 0 aromatic carbocycles. The van der Waals surface area contributed by atoms with E-state index in [-0.39, 0.29) is 50.6 Å². The molecule has 9 rings (SSSR count). The molecule has 9 aliphatic rings. The molecule has 0 saturated heterocycles. The predicted octanol–water partition coefficient (Wildman–Crippen LogP) is 7.81. The summed E-state index contributed by atoms with van der Waals surface area (Å²) in [5, 5.41) is 17.2. The molecule has 7 saturated carbocycles. The van der Waals surface area contributed by atoms with E-state index in [1.807, 2.05) is 6.92 Å². The Morgan fingerprint density at radius 2 is 1.60 bits per heavy atom. The molecule has 0 radical (unpaired) electrons. The van der Waals surface area contributed by atoms with Crippen molar-refractivity contribution in [1.29, 1.82) is 0 Å². The van der Waals surface area contributed by atoms with Gasteiger partial charge in [-0.3, -0.25) is 14.4 Å². The molecule has 0 aromatic heterocycles. The lowest BCUT2D eigenvalue weighted by atomic mass is 9.34. The maximum atomic E-state index is 14.0. The first-order valence-electron chi connectivity index (χ1n) is 18.8. The van der Waals surface area contributed by atoms with Gasteiger partial charge in [0.2, 0.25) is 17.6 Å². The normalized spacial score (nSPS) is 47.6. The molecule has 3 N–H and O–H groups in total.